The molecule has 0 radical (unpaired) electrons. The number of esters is 2. The van der Waals surface area contributed by atoms with Crippen LogP contribution in [0.3, 0.4) is 0 Å². The first-order valence-electron chi connectivity index (χ1n) is 11.4. The number of unbranched alkanes of at least 4 members (excludes halogenated alkanes) is 10. The van der Waals surface area contributed by atoms with Crippen molar-refractivity contribution in [2.45, 2.75) is 130 Å². The molecule has 0 aromatic heterocycles. The van der Waals surface area contributed by atoms with Gasteiger partial charge in [0.25, 0.3) is 0 Å². The molecule has 0 fully saturated rings. The quantitative estimate of drug-likeness (QED) is 0.183. The number of hydrogen-bond acceptors (Lipinski definition) is 4. The van der Waals surface area contributed by atoms with Crippen molar-refractivity contribution in [1.82, 2.24) is 0 Å². The molecule has 0 bridgehead atoms. The van der Waals surface area contributed by atoms with Crippen molar-refractivity contribution in [2.24, 2.45) is 0 Å². The summed E-state index contributed by atoms with van der Waals surface area (Å²) >= 11 is 0. The van der Waals surface area contributed by atoms with Crippen LogP contribution in [0.1, 0.15) is 124 Å². The lowest BCUT2D eigenvalue weighted by Crippen LogP contribution is -2.14. The van der Waals surface area contributed by atoms with E-state index in [-0.39, 0.29) is 18.0 Å². The summed E-state index contributed by atoms with van der Waals surface area (Å²) in [6, 6.07) is 0. The molecule has 0 saturated carbocycles. The molecule has 0 saturated heterocycles. The molecule has 0 N–H and O–H groups in total. The Morgan fingerprint density at radius 2 is 1.19 bits per heavy atom. The fraction of sp³-hybridized carbons (Fsp3) is 0.913. The number of hydrogen-bond donors (Lipinski definition) is 0. The average Bonchev–Trinajstić information content (AvgIpc) is 2.64. The predicted molar refractivity (Wildman–Crippen MR) is 112 cm³/mol. The number of carbonyl (C=O) groups excluding carboxylic acids is 2. The van der Waals surface area contributed by atoms with E-state index in [2.05, 4.69) is 13.8 Å². The van der Waals surface area contributed by atoms with Crippen LogP contribution < -0.4 is 0 Å². The highest BCUT2D eigenvalue weighted by molar-refractivity contribution is 5.70. The number of carbonyl (C=O) groups is 2. The topological polar surface area (TPSA) is 52.6 Å². The first kappa shape index (κ1) is 25.9. The maximum atomic E-state index is 11.8. The highest BCUT2D eigenvalue weighted by Gasteiger charge is 2.10. The van der Waals surface area contributed by atoms with Gasteiger partial charge in [0.05, 0.1) is 12.7 Å². The van der Waals surface area contributed by atoms with Gasteiger partial charge in [-0.15, -0.1) is 0 Å². The highest BCUT2D eigenvalue weighted by Crippen LogP contribution is 2.11. The summed E-state index contributed by atoms with van der Waals surface area (Å²) in [4.78, 5) is 23.5. The molecule has 1 unspecified atom stereocenters. The van der Waals surface area contributed by atoms with E-state index < -0.39 is 0 Å². The molecule has 0 aromatic carbocycles. The third-order valence-electron chi connectivity index (χ3n) is 4.82. The Bertz CT molecular complexity index is 354. The van der Waals surface area contributed by atoms with E-state index in [1.165, 1.54) is 51.4 Å². The molecule has 4 nitrogen and oxygen atoms in total. The Labute approximate surface area is 167 Å². The highest BCUT2D eigenvalue weighted by atomic mass is 16.5. The van der Waals surface area contributed by atoms with Crippen molar-refractivity contribution in [3.05, 3.63) is 0 Å². The molecule has 27 heavy (non-hydrogen) atoms. The van der Waals surface area contributed by atoms with Gasteiger partial charge in [-0.05, 0) is 39.0 Å². The zero-order chi connectivity index (χ0) is 20.2. The van der Waals surface area contributed by atoms with Crippen molar-refractivity contribution < 1.29 is 19.1 Å². The molecule has 1 atom stereocenters. The Morgan fingerprint density at radius 3 is 1.81 bits per heavy atom. The van der Waals surface area contributed by atoms with Crippen molar-refractivity contribution in [3.63, 3.8) is 0 Å². The monoisotopic (exact) mass is 384 g/mol. The van der Waals surface area contributed by atoms with Crippen LogP contribution in [0.2, 0.25) is 0 Å². The van der Waals surface area contributed by atoms with E-state index in [0.29, 0.717) is 32.3 Å². The molecule has 0 aliphatic rings. The molecule has 0 spiro atoms. The summed E-state index contributed by atoms with van der Waals surface area (Å²) in [5, 5.41) is 0. The third-order valence-corrected chi connectivity index (χ3v) is 4.82. The van der Waals surface area contributed by atoms with Crippen LogP contribution in [0.15, 0.2) is 0 Å². The van der Waals surface area contributed by atoms with Crippen LogP contribution in [0.4, 0.5) is 0 Å². The van der Waals surface area contributed by atoms with Gasteiger partial charge in [-0.2, -0.15) is 0 Å². The minimum Gasteiger partial charge on any atom is -0.466 e. The molecule has 0 aliphatic carbocycles. The van der Waals surface area contributed by atoms with Crippen LogP contribution in [0.5, 0.6) is 0 Å². The van der Waals surface area contributed by atoms with Crippen LogP contribution >= 0.6 is 0 Å². The minimum atomic E-state index is -0.144. The normalized spacial score (nSPS) is 12.0. The molecule has 0 aliphatic heterocycles. The van der Waals surface area contributed by atoms with Gasteiger partial charge in [0, 0.05) is 12.8 Å². The Hall–Kier alpha value is -1.06. The lowest BCUT2D eigenvalue weighted by atomic mass is 10.1. The second-order valence-electron chi connectivity index (χ2n) is 7.70. The van der Waals surface area contributed by atoms with Gasteiger partial charge in [0.2, 0.25) is 0 Å². The molecule has 0 amide bonds. The summed E-state index contributed by atoms with van der Waals surface area (Å²) in [7, 11) is 0. The first-order valence-corrected chi connectivity index (χ1v) is 11.4. The fourth-order valence-corrected chi connectivity index (χ4v) is 3.06. The van der Waals surface area contributed by atoms with Gasteiger partial charge < -0.3 is 9.47 Å². The second kappa shape index (κ2) is 19.7. The van der Waals surface area contributed by atoms with E-state index >= 15 is 0 Å². The SMILES string of the molecule is CCCCCCCCCOC(=O)CCCCC(=O)OC(C)CCCCCC. The van der Waals surface area contributed by atoms with Crippen molar-refractivity contribution in [1.29, 1.82) is 0 Å². The largest absolute Gasteiger partial charge is 0.466 e. The van der Waals surface area contributed by atoms with Gasteiger partial charge in [0.1, 0.15) is 0 Å². The smallest absolute Gasteiger partial charge is 0.306 e. The molecule has 160 valence electrons. The molecular formula is C23H44O4. The second-order valence-corrected chi connectivity index (χ2v) is 7.70. The summed E-state index contributed by atoms with van der Waals surface area (Å²) in [6.07, 6.45) is 16.4. The van der Waals surface area contributed by atoms with Crippen LogP contribution in [-0.2, 0) is 19.1 Å². The molecule has 0 heterocycles. The van der Waals surface area contributed by atoms with Crippen molar-refractivity contribution >= 4 is 11.9 Å². The summed E-state index contributed by atoms with van der Waals surface area (Å²) < 4.78 is 10.7. The minimum absolute atomic E-state index is 0.00120. The van der Waals surface area contributed by atoms with Crippen molar-refractivity contribution in [2.75, 3.05) is 6.61 Å². The maximum Gasteiger partial charge on any atom is 0.306 e. The number of ether oxygens (including phenoxy) is 2. The Kier molecular flexibility index (Phi) is 18.9. The summed E-state index contributed by atoms with van der Waals surface area (Å²) in [5.74, 6) is -0.284. The lowest BCUT2D eigenvalue weighted by Gasteiger charge is -2.13. The fourth-order valence-electron chi connectivity index (χ4n) is 3.06. The predicted octanol–water partition coefficient (Wildman–Crippen LogP) is 6.74. The van der Waals surface area contributed by atoms with Gasteiger partial charge in [-0.1, -0.05) is 71.6 Å². The van der Waals surface area contributed by atoms with Crippen LogP contribution in [-0.4, -0.2) is 24.6 Å². The van der Waals surface area contributed by atoms with Crippen molar-refractivity contribution in [3.8, 4) is 0 Å². The Morgan fingerprint density at radius 1 is 0.667 bits per heavy atom. The summed E-state index contributed by atoms with van der Waals surface area (Å²) in [5.41, 5.74) is 0. The van der Waals surface area contributed by atoms with E-state index in [1.54, 1.807) is 0 Å². The molecule has 4 heteroatoms. The number of rotatable bonds is 19. The standard InChI is InChI=1S/C23H44O4/c1-4-6-8-10-11-12-16-20-26-22(24)18-14-15-19-23(25)27-21(3)17-13-9-7-5-2/h21H,4-20H2,1-3H3. The van der Waals surface area contributed by atoms with E-state index in [9.17, 15) is 9.59 Å². The first-order chi connectivity index (χ1) is 13.1. The maximum absolute atomic E-state index is 11.8. The van der Waals surface area contributed by atoms with E-state index in [0.717, 1.165) is 25.7 Å². The van der Waals surface area contributed by atoms with Gasteiger partial charge in [-0.3, -0.25) is 9.59 Å². The third kappa shape index (κ3) is 19.5. The van der Waals surface area contributed by atoms with Crippen LogP contribution in [0, 0.1) is 0 Å². The van der Waals surface area contributed by atoms with Gasteiger partial charge >= 0.3 is 11.9 Å². The van der Waals surface area contributed by atoms with E-state index in [4.69, 9.17) is 9.47 Å². The Balaban J connectivity index is 3.44. The molecule has 0 aromatic rings. The average molecular weight is 385 g/mol. The zero-order valence-electron chi connectivity index (χ0n) is 18.2. The van der Waals surface area contributed by atoms with Gasteiger partial charge in [0.15, 0.2) is 0 Å². The summed E-state index contributed by atoms with van der Waals surface area (Å²) in [6.45, 7) is 6.91. The zero-order valence-corrected chi connectivity index (χ0v) is 18.2. The molecule has 0 rings (SSSR count). The van der Waals surface area contributed by atoms with Gasteiger partial charge in [-0.25, -0.2) is 0 Å². The molecular weight excluding hydrogens is 340 g/mol. The van der Waals surface area contributed by atoms with E-state index in [1.807, 2.05) is 6.92 Å². The lowest BCUT2D eigenvalue weighted by molar-refractivity contribution is -0.149. The van der Waals surface area contributed by atoms with Crippen LogP contribution in [0.25, 0.3) is 0 Å².